The molecule has 0 bridgehead atoms. The number of ether oxygens (including phenoxy) is 1. The highest BCUT2D eigenvalue weighted by Crippen LogP contribution is 2.16. The van der Waals surface area contributed by atoms with Crippen molar-refractivity contribution >= 4 is 0 Å². The zero-order valence-electron chi connectivity index (χ0n) is 12.7. The third kappa shape index (κ3) is 8.40. The highest BCUT2D eigenvalue weighted by atomic mass is 16.5. The summed E-state index contributed by atoms with van der Waals surface area (Å²) in [5.74, 6) is 0.832. The Morgan fingerprint density at radius 2 is 2.26 bits per heavy atom. The van der Waals surface area contributed by atoms with E-state index in [9.17, 15) is 0 Å². The van der Waals surface area contributed by atoms with Crippen LogP contribution in [0.5, 0.6) is 0 Å². The maximum Gasteiger partial charge on any atom is 0.0587 e. The molecule has 1 heterocycles. The van der Waals surface area contributed by atoms with Gasteiger partial charge in [-0.2, -0.15) is 0 Å². The summed E-state index contributed by atoms with van der Waals surface area (Å²) in [6, 6.07) is 0. The smallest absolute Gasteiger partial charge is 0.0587 e. The van der Waals surface area contributed by atoms with E-state index in [1.165, 1.54) is 58.2 Å². The van der Waals surface area contributed by atoms with Gasteiger partial charge in [0.25, 0.3) is 0 Å². The van der Waals surface area contributed by atoms with Crippen LogP contribution in [0.1, 0.15) is 38.5 Å². The van der Waals surface area contributed by atoms with Crippen LogP contribution in [-0.2, 0) is 4.74 Å². The van der Waals surface area contributed by atoms with Gasteiger partial charge in [0.05, 0.1) is 6.61 Å². The predicted octanol–water partition coefficient (Wildman–Crippen LogP) is 2.68. The number of hydrogen-bond donors (Lipinski definition) is 1. The molecular formula is C16H32N2O. The second-order valence-corrected chi connectivity index (χ2v) is 5.64. The van der Waals surface area contributed by atoms with Gasteiger partial charge in [0.15, 0.2) is 0 Å². The molecule has 1 fully saturated rings. The topological polar surface area (TPSA) is 24.5 Å². The van der Waals surface area contributed by atoms with Gasteiger partial charge in [-0.15, -0.1) is 6.58 Å². The molecule has 1 unspecified atom stereocenters. The molecule has 1 rings (SSSR count). The second-order valence-electron chi connectivity index (χ2n) is 5.64. The number of allylic oxidation sites excluding steroid dienone is 1. The Kier molecular flexibility index (Phi) is 10.0. The van der Waals surface area contributed by atoms with E-state index in [0.717, 1.165) is 25.6 Å². The lowest BCUT2D eigenvalue weighted by atomic mass is 9.97. The number of unbranched alkanes of at least 4 members (excludes halogenated alkanes) is 3. The number of likely N-dealkylation sites (tertiary alicyclic amines) is 1. The van der Waals surface area contributed by atoms with Crippen molar-refractivity contribution in [1.82, 2.24) is 10.2 Å². The monoisotopic (exact) mass is 268 g/mol. The van der Waals surface area contributed by atoms with Crippen molar-refractivity contribution in [2.24, 2.45) is 5.92 Å². The van der Waals surface area contributed by atoms with Crippen molar-refractivity contribution in [3.63, 3.8) is 0 Å². The Bertz CT molecular complexity index is 221. The van der Waals surface area contributed by atoms with Crippen LogP contribution < -0.4 is 5.32 Å². The average Bonchev–Trinajstić information content (AvgIpc) is 2.44. The summed E-state index contributed by atoms with van der Waals surface area (Å²) >= 11 is 0. The maximum atomic E-state index is 5.06. The van der Waals surface area contributed by atoms with Crippen molar-refractivity contribution < 1.29 is 4.74 Å². The van der Waals surface area contributed by atoms with Crippen molar-refractivity contribution in [3.8, 4) is 0 Å². The fourth-order valence-electron chi connectivity index (χ4n) is 2.80. The summed E-state index contributed by atoms with van der Waals surface area (Å²) in [7, 11) is 1.76. The molecule has 0 amide bonds. The average molecular weight is 268 g/mol. The highest BCUT2D eigenvalue weighted by Gasteiger charge is 2.18. The Hall–Kier alpha value is -0.380. The lowest BCUT2D eigenvalue weighted by Crippen LogP contribution is -2.40. The zero-order chi connectivity index (χ0) is 13.8. The Labute approximate surface area is 119 Å². The van der Waals surface area contributed by atoms with Crippen LogP contribution in [0.15, 0.2) is 12.7 Å². The number of nitrogens with zero attached hydrogens (tertiary/aromatic N) is 1. The fraction of sp³-hybridized carbons (Fsp3) is 0.875. The van der Waals surface area contributed by atoms with Crippen LogP contribution in [-0.4, -0.2) is 51.3 Å². The van der Waals surface area contributed by atoms with E-state index in [-0.39, 0.29) is 0 Å². The van der Waals surface area contributed by atoms with Gasteiger partial charge in [0, 0.05) is 20.2 Å². The second kappa shape index (κ2) is 11.4. The molecule has 1 atom stereocenters. The molecule has 0 saturated carbocycles. The Morgan fingerprint density at radius 1 is 1.37 bits per heavy atom. The minimum Gasteiger partial charge on any atom is -0.383 e. The number of hydrogen-bond acceptors (Lipinski definition) is 3. The van der Waals surface area contributed by atoms with E-state index in [1.807, 2.05) is 6.08 Å². The van der Waals surface area contributed by atoms with Crippen LogP contribution in [0.25, 0.3) is 0 Å². The summed E-state index contributed by atoms with van der Waals surface area (Å²) in [6.45, 7) is 10.6. The molecule has 0 radical (unpaired) electrons. The van der Waals surface area contributed by atoms with E-state index in [1.54, 1.807) is 7.11 Å². The molecule has 0 spiro atoms. The number of piperidine rings is 1. The SMILES string of the molecule is C=CCCCCCN1CCCC(CNCCOC)C1. The first-order chi connectivity index (χ1) is 9.36. The molecule has 3 nitrogen and oxygen atoms in total. The van der Waals surface area contributed by atoms with E-state index in [0.29, 0.717) is 0 Å². The molecule has 1 saturated heterocycles. The Balaban J connectivity index is 2.03. The maximum absolute atomic E-state index is 5.06. The van der Waals surface area contributed by atoms with Crippen LogP contribution in [0.4, 0.5) is 0 Å². The first-order valence-corrected chi connectivity index (χ1v) is 7.89. The third-order valence-electron chi connectivity index (χ3n) is 3.90. The van der Waals surface area contributed by atoms with E-state index < -0.39 is 0 Å². The van der Waals surface area contributed by atoms with Crippen molar-refractivity contribution in [1.29, 1.82) is 0 Å². The van der Waals surface area contributed by atoms with Crippen LogP contribution in [0, 0.1) is 5.92 Å². The zero-order valence-corrected chi connectivity index (χ0v) is 12.7. The van der Waals surface area contributed by atoms with E-state index >= 15 is 0 Å². The van der Waals surface area contributed by atoms with E-state index in [4.69, 9.17) is 4.74 Å². The van der Waals surface area contributed by atoms with Crippen molar-refractivity contribution in [2.45, 2.75) is 38.5 Å². The van der Waals surface area contributed by atoms with Gasteiger partial charge >= 0.3 is 0 Å². The predicted molar refractivity (Wildman–Crippen MR) is 82.6 cm³/mol. The first kappa shape index (κ1) is 16.7. The van der Waals surface area contributed by atoms with Gasteiger partial charge < -0.3 is 15.0 Å². The normalized spacial score (nSPS) is 20.6. The molecule has 1 aliphatic heterocycles. The van der Waals surface area contributed by atoms with Crippen LogP contribution in [0.3, 0.4) is 0 Å². The highest BCUT2D eigenvalue weighted by molar-refractivity contribution is 4.75. The molecule has 112 valence electrons. The standard InChI is InChI=1S/C16H32N2O/c1-3-4-5-6-7-11-18-12-8-9-16(15-18)14-17-10-13-19-2/h3,16-17H,1,4-15H2,2H3. The van der Waals surface area contributed by atoms with Gasteiger partial charge in [-0.1, -0.05) is 12.5 Å². The minimum atomic E-state index is 0.819. The van der Waals surface area contributed by atoms with Gasteiger partial charge in [-0.25, -0.2) is 0 Å². The van der Waals surface area contributed by atoms with Gasteiger partial charge in [0.1, 0.15) is 0 Å². The van der Waals surface area contributed by atoms with Crippen molar-refractivity contribution in [3.05, 3.63) is 12.7 Å². The molecule has 0 aromatic carbocycles. The molecule has 0 aliphatic carbocycles. The lowest BCUT2D eigenvalue weighted by Gasteiger charge is -2.32. The molecule has 1 aliphatic rings. The molecule has 19 heavy (non-hydrogen) atoms. The molecule has 0 aromatic rings. The lowest BCUT2D eigenvalue weighted by molar-refractivity contribution is 0.162. The third-order valence-corrected chi connectivity index (χ3v) is 3.90. The van der Waals surface area contributed by atoms with Gasteiger partial charge in [-0.3, -0.25) is 0 Å². The number of methoxy groups -OCH3 is 1. The minimum absolute atomic E-state index is 0.819. The largest absolute Gasteiger partial charge is 0.383 e. The Morgan fingerprint density at radius 3 is 3.05 bits per heavy atom. The number of rotatable bonds is 11. The molecule has 0 aromatic heterocycles. The summed E-state index contributed by atoms with van der Waals surface area (Å²) in [4.78, 5) is 2.65. The van der Waals surface area contributed by atoms with Crippen LogP contribution >= 0.6 is 0 Å². The number of nitrogens with one attached hydrogen (secondary N) is 1. The first-order valence-electron chi connectivity index (χ1n) is 7.89. The summed E-state index contributed by atoms with van der Waals surface area (Å²) in [5, 5.41) is 3.50. The summed E-state index contributed by atoms with van der Waals surface area (Å²) in [5.41, 5.74) is 0. The van der Waals surface area contributed by atoms with Gasteiger partial charge in [0.2, 0.25) is 0 Å². The molecule has 1 N–H and O–H groups in total. The van der Waals surface area contributed by atoms with Crippen molar-refractivity contribution in [2.75, 3.05) is 46.4 Å². The van der Waals surface area contributed by atoms with E-state index in [2.05, 4.69) is 16.8 Å². The van der Waals surface area contributed by atoms with Gasteiger partial charge in [-0.05, 0) is 57.7 Å². The molecule has 3 heteroatoms. The quantitative estimate of drug-likeness (QED) is 0.460. The fourth-order valence-corrected chi connectivity index (χ4v) is 2.80. The summed E-state index contributed by atoms with van der Waals surface area (Å²) < 4.78 is 5.06. The van der Waals surface area contributed by atoms with Crippen LogP contribution in [0.2, 0.25) is 0 Å². The summed E-state index contributed by atoms with van der Waals surface area (Å²) in [6.07, 6.45) is 9.95. The molecular weight excluding hydrogens is 236 g/mol.